The van der Waals surface area contributed by atoms with Crippen LogP contribution >= 0.6 is 11.8 Å². The molecular weight excluding hydrogens is 418 g/mol. The van der Waals surface area contributed by atoms with E-state index in [1.54, 1.807) is 36.6 Å². The Labute approximate surface area is 182 Å². The molecule has 160 valence electrons. The Kier molecular flexibility index (Phi) is 6.17. The lowest BCUT2D eigenvalue weighted by atomic mass is 10.1. The number of furan rings is 1. The number of rotatable bonds is 10. The van der Waals surface area contributed by atoms with E-state index < -0.39 is 5.91 Å². The minimum absolute atomic E-state index is 0.181. The highest BCUT2D eigenvalue weighted by molar-refractivity contribution is 7.99. The van der Waals surface area contributed by atoms with Crippen LogP contribution in [0.4, 0.5) is 0 Å². The molecule has 3 aromatic rings. The topological polar surface area (TPSA) is 124 Å². The summed E-state index contributed by atoms with van der Waals surface area (Å²) in [5.74, 6) is 1.13. The monoisotopic (exact) mass is 439 g/mol. The highest BCUT2D eigenvalue weighted by Crippen LogP contribution is 2.24. The third kappa shape index (κ3) is 4.53. The summed E-state index contributed by atoms with van der Waals surface area (Å²) >= 11 is 1.48. The number of hydrogen-bond acceptors (Lipinski definition) is 7. The summed E-state index contributed by atoms with van der Waals surface area (Å²) in [6, 6.07) is 10.5. The molecule has 9 nitrogen and oxygen atoms in total. The van der Waals surface area contributed by atoms with Crippen molar-refractivity contribution in [3.05, 3.63) is 65.4 Å². The number of thioether (sulfide) groups is 1. The number of amides is 3. The largest absolute Gasteiger partial charge is 0.467 e. The number of imide groups is 1. The quantitative estimate of drug-likeness (QED) is 0.291. The van der Waals surface area contributed by atoms with Crippen molar-refractivity contribution in [1.82, 2.24) is 19.7 Å². The summed E-state index contributed by atoms with van der Waals surface area (Å²) in [4.78, 5) is 37.4. The first-order valence-corrected chi connectivity index (χ1v) is 10.8. The van der Waals surface area contributed by atoms with E-state index in [2.05, 4.69) is 10.2 Å². The summed E-state index contributed by atoms with van der Waals surface area (Å²) < 4.78 is 7.33. The number of fused-ring (bicyclic) bond motifs is 1. The van der Waals surface area contributed by atoms with Crippen LogP contribution < -0.4 is 5.73 Å². The number of hydrogen-bond donors (Lipinski definition) is 1. The van der Waals surface area contributed by atoms with Crippen LogP contribution in [0.15, 0.2) is 52.2 Å². The van der Waals surface area contributed by atoms with E-state index in [0.717, 1.165) is 5.76 Å². The van der Waals surface area contributed by atoms with Gasteiger partial charge in [0.2, 0.25) is 5.91 Å². The van der Waals surface area contributed by atoms with Crippen molar-refractivity contribution in [1.29, 1.82) is 0 Å². The second kappa shape index (κ2) is 9.17. The molecular formula is C21H21N5O4S. The molecule has 2 N–H and O–H groups in total. The van der Waals surface area contributed by atoms with Gasteiger partial charge >= 0.3 is 0 Å². The van der Waals surface area contributed by atoms with Crippen molar-refractivity contribution in [2.45, 2.75) is 31.0 Å². The van der Waals surface area contributed by atoms with Crippen LogP contribution in [-0.4, -0.2) is 49.7 Å². The fourth-order valence-corrected chi connectivity index (χ4v) is 4.27. The zero-order valence-corrected chi connectivity index (χ0v) is 17.5. The fraction of sp³-hybridized carbons (Fsp3) is 0.286. The van der Waals surface area contributed by atoms with E-state index in [0.29, 0.717) is 53.8 Å². The van der Waals surface area contributed by atoms with E-state index in [1.165, 1.54) is 16.7 Å². The Morgan fingerprint density at radius 1 is 1.06 bits per heavy atom. The molecule has 31 heavy (non-hydrogen) atoms. The van der Waals surface area contributed by atoms with Crippen LogP contribution in [0.2, 0.25) is 0 Å². The van der Waals surface area contributed by atoms with Gasteiger partial charge in [-0.05, 0) is 30.7 Å². The molecule has 2 aromatic heterocycles. The molecule has 1 aromatic carbocycles. The zero-order chi connectivity index (χ0) is 21.8. The Hall–Kier alpha value is -3.40. The van der Waals surface area contributed by atoms with Gasteiger partial charge in [0.25, 0.3) is 11.8 Å². The van der Waals surface area contributed by atoms with Crippen molar-refractivity contribution in [2.24, 2.45) is 5.73 Å². The number of primary amides is 1. The maximum atomic E-state index is 12.5. The molecule has 4 rings (SSSR count). The second-order valence-corrected chi connectivity index (χ2v) is 8.10. The summed E-state index contributed by atoms with van der Waals surface area (Å²) in [6.45, 7) is 0.773. The molecule has 0 unspecified atom stereocenters. The van der Waals surface area contributed by atoms with Gasteiger partial charge in [0, 0.05) is 25.1 Å². The zero-order valence-electron chi connectivity index (χ0n) is 16.7. The lowest BCUT2D eigenvalue weighted by Gasteiger charge is -2.13. The van der Waals surface area contributed by atoms with E-state index in [-0.39, 0.29) is 18.2 Å². The molecule has 0 bridgehead atoms. The molecule has 1 aliphatic rings. The first kappa shape index (κ1) is 20.9. The van der Waals surface area contributed by atoms with Gasteiger partial charge in [-0.3, -0.25) is 23.9 Å². The maximum absolute atomic E-state index is 12.5. The lowest BCUT2D eigenvalue weighted by molar-refractivity contribution is -0.118. The number of aromatic nitrogens is 3. The van der Waals surface area contributed by atoms with Crippen LogP contribution in [-0.2, 0) is 17.8 Å². The number of nitrogens with two attached hydrogens (primary N) is 1. The number of nitrogens with zero attached hydrogens (tertiary/aromatic N) is 4. The van der Waals surface area contributed by atoms with E-state index >= 15 is 0 Å². The highest BCUT2D eigenvalue weighted by atomic mass is 32.2. The third-order valence-corrected chi connectivity index (χ3v) is 5.97. The standard InChI is InChI=1S/C21H21N5O4S/c22-17(27)8-9-18-23-24-21(26(18)13-14-5-3-11-30-14)31-12-4-10-25-19(28)15-6-1-2-7-16(15)20(25)29/h1-3,5-7,11H,4,8-10,12-13H2,(H2,22,27). The van der Waals surface area contributed by atoms with Crippen molar-refractivity contribution in [2.75, 3.05) is 12.3 Å². The van der Waals surface area contributed by atoms with Crippen molar-refractivity contribution in [3.63, 3.8) is 0 Å². The molecule has 3 amide bonds. The average Bonchev–Trinajstić information content (AvgIpc) is 3.46. The molecule has 0 spiro atoms. The van der Waals surface area contributed by atoms with Gasteiger partial charge in [-0.15, -0.1) is 10.2 Å². The minimum Gasteiger partial charge on any atom is -0.467 e. The molecule has 1 aliphatic heterocycles. The van der Waals surface area contributed by atoms with E-state index in [4.69, 9.17) is 10.2 Å². The molecule has 0 aliphatic carbocycles. The van der Waals surface area contributed by atoms with E-state index in [1.807, 2.05) is 10.6 Å². The molecule has 0 radical (unpaired) electrons. The predicted octanol–water partition coefficient (Wildman–Crippen LogP) is 2.12. The van der Waals surface area contributed by atoms with Crippen LogP contribution in [0.1, 0.15) is 45.1 Å². The molecule has 3 heterocycles. The highest BCUT2D eigenvalue weighted by Gasteiger charge is 2.34. The molecule has 10 heteroatoms. The van der Waals surface area contributed by atoms with Gasteiger partial charge in [0.05, 0.1) is 23.9 Å². The van der Waals surface area contributed by atoms with Crippen LogP contribution in [0.3, 0.4) is 0 Å². The normalized spacial score (nSPS) is 13.1. The Bertz CT molecular complexity index is 1070. The van der Waals surface area contributed by atoms with Crippen molar-refractivity contribution >= 4 is 29.5 Å². The summed E-state index contributed by atoms with van der Waals surface area (Å²) in [5.41, 5.74) is 6.18. The van der Waals surface area contributed by atoms with Gasteiger partial charge in [0.1, 0.15) is 11.6 Å². The SMILES string of the molecule is NC(=O)CCc1nnc(SCCCN2C(=O)c3ccccc3C2=O)n1Cc1ccco1. The van der Waals surface area contributed by atoms with Gasteiger partial charge in [-0.25, -0.2) is 0 Å². The number of carbonyl (C=O) groups excluding carboxylic acids is 3. The summed E-state index contributed by atoms with van der Waals surface area (Å²) in [6.07, 6.45) is 2.78. The van der Waals surface area contributed by atoms with Crippen molar-refractivity contribution in [3.8, 4) is 0 Å². The number of benzene rings is 1. The summed E-state index contributed by atoms with van der Waals surface area (Å²) in [5, 5.41) is 9.12. The number of aryl methyl sites for hydroxylation is 1. The van der Waals surface area contributed by atoms with Gasteiger partial charge in [-0.2, -0.15) is 0 Å². The van der Waals surface area contributed by atoms with Gasteiger partial charge < -0.3 is 10.2 Å². The Morgan fingerprint density at radius 2 is 1.81 bits per heavy atom. The predicted molar refractivity (Wildman–Crippen MR) is 112 cm³/mol. The van der Waals surface area contributed by atoms with Crippen molar-refractivity contribution < 1.29 is 18.8 Å². The van der Waals surface area contributed by atoms with Gasteiger partial charge in [0.15, 0.2) is 5.16 Å². The smallest absolute Gasteiger partial charge is 0.261 e. The second-order valence-electron chi connectivity index (χ2n) is 7.04. The maximum Gasteiger partial charge on any atom is 0.261 e. The van der Waals surface area contributed by atoms with Crippen LogP contribution in [0.5, 0.6) is 0 Å². The first-order valence-electron chi connectivity index (χ1n) is 9.85. The molecule has 0 saturated carbocycles. The summed E-state index contributed by atoms with van der Waals surface area (Å²) in [7, 11) is 0. The van der Waals surface area contributed by atoms with Crippen LogP contribution in [0.25, 0.3) is 0 Å². The third-order valence-electron chi connectivity index (χ3n) is 4.92. The number of carbonyl (C=O) groups is 3. The van der Waals surface area contributed by atoms with E-state index in [9.17, 15) is 14.4 Å². The lowest BCUT2D eigenvalue weighted by Crippen LogP contribution is -2.31. The molecule has 0 atom stereocenters. The Balaban J connectivity index is 1.38. The van der Waals surface area contributed by atoms with Crippen LogP contribution in [0, 0.1) is 0 Å². The molecule has 0 saturated heterocycles. The average molecular weight is 439 g/mol. The fourth-order valence-electron chi connectivity index (χ4n) is 3.39. The van der Waals surface area contributed by atoms with Gasteiger partial charge in [-0.1, -0.05) is 23.9 Å². The Morgan fingerprint density at radius 3 is 2.45 bits per heavy atom. The minimum atomic E-state index is -0.400. The molecule has 0 fully saturated rings. The first-order chi connectivity index (χ1) is 15.0.